The molecule has 0 amide bonds. The van der Waals surface area contributed by atoms with Crippen molar-refractivity contribution in [3.63, 3.8) is 0 Å². The van der Waals surface area contributed by atoms with E-state index in [2.05, 4.69) is 28.6 Å². The topological polar surface area (TPSA) is 17.8 Å². The highest BCUT2D eigenvalue weighted by Crippen LogP contribution is 2.33. The molecule has 2 heterocycles. The molecule has 0 N–H and O–H groups in total. The summed E-state index contributed by atoms with van der Waals surface area (Å²) >= 11 is 6.50. The molecule has 0 radical (unpaired) electrons. The van der Waals surface area contributed by atoms with Crippen LogP contribution in [-0.2, 0) is 5.54 Å². The van der Waals surface area contributed by atoms with Crippen LogP contribution < -0.4 is 0 Å². The molecule has 0 atom stereocenters. The Kier molecular flexibility index (Phi) is 2.89. The fraction of sp³-hybridized carbons (Fsp3) is 0.667. The Morgan fingerprint density at radius 2 is 2.23 bits per heavy atom. The summed E-state index contributed by atoms with van der Waals surface area (Å²) in [6.45, 7) is 0. The molecule has 0 bridgehead atoms. The maximum Gasteiger partial charge on any atom is 0.0730 e. The zero-order chi connectivity index (χ0) is 9.15. The van der Waals surface area contributed by atoms with Gasteiger partial charge in [0.2, 0.25) is 0 Å². The Morgan fingerprint density at radius 1 is 1.46 bits per heavy atom. The molecular formula is C9H14N2S2. The van der Waals surface area contributed by atoms with Gasteiger partial charge in [-0.05, 0) is 30.4 Å². The van der Waals surface area contributed by atoms with Gasteiger partial charge in [0.05, 0.1) is 5.54 Å². The Bertz CT molecular complexity index is 253. The van der Waals surface area contributed by atoms with Crippen LogP contribution in [0, 0.1) is 0 Å². The molecule has 1 aromatic heterocycles. The smallest absolute Gasteiger partial charge is 0.0730 e. The summed E-state index contributed by atoms with van der Waals surface area (Å²) in [4.78, 5) is 0. The molecule has 0 aliphatic carbocycles. The number of rotatable bonds is 2. The average Bonchev–Trinajstić information content (AvgIpc) is 2.72. The van der Waals surface area contributed by atoms with Gasteiger partial charge in [-0.25, -0.2) is 0 Å². The summed E-state index contributed by atoms with van der Waals surface area (Å²) in [6.07, 6.45) is 6.31. The summed E-state index contributed by atoms with van der Waals surface area (Å²) < 4.78 is 2.10. The van der Waals surface area contributed by atoms with Gasteiger partial charge in [-0.2, -0.15) is 29.5 Å². The minimum atomic E-state index is 0.192. The molecule has 1 aliphatic rings. The van der Waals surface area contributed by atoms with E-state index in [0.29, 0.717) is 0 Å². The van der Waals surface area contributed by atoms with E-state index < -0.39 is 0 Å². The monoisotopic (exact) mass is 214 g/mol. The van der Waals surface area contributed by atoms with Gasteiger partial charge in [0.15, 0.2) is 0 Å². The van der Waals surface area contributed by atoms with Crippen LogP contribution in [0.3, 0.4) is 0 Å². The van der Waals surface area contributed by atoms with Crippen LogP contribution in [0.4, 0.5) is 0 Å². The third-order valence-electron chi connectivity index (χ3n) is 2.71. The third-order valence-corrected chi connectivity index (χ3v) is 4.28. The number of thiol groups is 1. The molecule has 2 nitrogen and oxygen atoms in total. The van der Waals surface area contributed by atoms with Gasteiger partial charge in [-0.3, -0.25) is 4.68 Å². The fourth-order valence-electron chi connectivity index (χ4n) is 1.76. The van der Waals surface area contributed by atoms with Crippen LogP contribution in [0.15, 0.2) is 18.5 Å². The van der Waals surface area contributed by atoms with Gasteiger partial charge in [-0.15, -0.1) is 0 Å². The highest BCUT2D eigenvalue weighted by Gasteiger charge is 2.32. The van der Waals surface area contributed by atoms with Crippen molar-refractivity contribution in [2.75, 3.05) is 17.3 Å². The van der Waals surface area contributed by atoms with Crippen molar-refractivity contribution in [3.8, 4) is 0 Å². The first-order chi connectivity index (χ1) is 6.37. The van der Waals surface area contributed by atoms with Gasteiger partial charge in [0.1, 0.15) is 0 Å². The van der Waals surface area contributed by atoms with E-state index in [0.717, 1.165) is 5.75 Å². The largest absolute Gasteiger partial charge is 0.266 e. The minimum absolute atomic E-state index is 0.192. The van der Waals surface area contributed by atoms with Gasteiger partial charge >= 0.3 is 0 Å². The molecule has 1 aliphatic heterocycles. The summed E-state index contributed by atoms with van der Waals surface area (Å²) in [5.74, 6) is 3.37. The summed E-state index contributed by atoms with van der Waals surface area (Å²) in [6, 6.07) is 1.99. The maximum absolute atomic E-state index is 4.47. The average molecular weight is 214 g/mol. The van der Waals surface area contributed by atoms with Crippen molar-refractivity contribution in [1.29, 1.82) is 0 Å². The van der Waals surface area contributed by atoms with E-state index >= 15 is 0 Å². The number of hydrogen-bond donors (Lipinski definition) is 1. The number of nitrogens with zero attached hydrogens (tertiary/aromatic N) is 2. The Labute approximate surface area is 88.5 Å². The zero-order valence-corrected chi connectivity index (χ0v) is 9.23. The lowest BCUT2D eigenvalue weighted by atomic mass is 9.95. The number of aromatic nitrogens is 2. The standard InChI is InChI=1S/C9H14N2S2/c12-8-9(2-6-13-7-3-9)11-5-1-4-10-11/h1,4-5,12H,2-3,6-8H2. The molecular weight excluding hydrogens is 200 g/mol. The molecule has 0 spiro atoms. The summed E-state index contributed by atoms with van der Waals surface area (Å²) in [5, 5.41) is 4.34. The molecule has 13 heavy (non-hydrogen) atoms. The maximum atomic E-state index is 4.47. The second kappa shape index (κ2) is 3.96. The van der Waals surface area contributed by atoms with Crippen LogP contribution in [-0.4, -0.2) is 27.0 Å². The highest BCUT2D eigenvalue weighted by molar-refractivity contribution is 7.99. The fourth-order valence-corrected chi connectivity index (χ4v) is 3.47. The van der Waals surface area contributed by atoms with Crippen molar-refractivity contribution in [1.82, 2.24) is 9.78 Å². The summed E-state index contributed by atoms with van der Waals surface area (Å²) in [5.41, 5.74) is 0.192. The van der Waals surface area contributed by atoms with E-state index in [1.165, 1.54) is 24.3 Å². The van der Waals surface area contributed by atoms with E-state index in [4.69, 9.17) is 0 Å². The Balaban J connectivity index is 2.23. The molecule has 2 rings (SSSR count). The van der Waals surface area contributed by atoms with Gasteiger partial charge in [0, 0.05) is 18.1 Å². The molecule has 0 aromatic carbocycles. The van der Waals surface area contributed by atoms with Crippen molar-refractivity contribution in [2.24, 2.45) is 0 Å². The van der Waals surface area contributed by atoms with Crippen LogP contribution in [0.1, 0.15) is 12.8 Å². The minimum Gasteiger partial charge on any atom is -0.266 e. The predicted octanol–water partition coefficient (Wildman–Crippen LogP) is 2.04. The molecule has 4 heteroatoms. The van der Waals surface area contributed by atoms with Crippen LogP contribution in [0.2, 0.25) is 0 Å². The second-order valence-corrected chi connectivity index (χ2v) is 4.99. The number of thioether (sulfide) groups is 1. The molecule has 0 saturated carbocycles. The Morgan fingerprint density at radius 3 is 2.77 bits per heavy atom. The molecule has 1 fully saturated rings. The van der Waals surface area contributed by atoms with Crippen molar-refractivity contribution in [3.05, 3.63) is 18.5 Å². The molecule has 0 unspecified atom stereocenters. The quantitative estimate of drug-likeness (QED) is 0.759. The first-order valence-electron chi connectivity index (χ1n) is 4.56. The number of hydrogen-bond acceptors (Lipinski definition) is 3. The van der Waals surface area contributed by atoms with E-state index in [9.17, 15) is 0 Å². The lowest BCUT2D eigenvalue weighted by Gasteiger charge is -2.36. The molecule has 72 valence electrons. The third kappa shape index (κ3) is 1.74. The van der Waals surface area contributed by atoms with Crippen molar-refractivity contribution in [2.45, 2.75) is 18.4 Å². The normalized spacial score (nSPS) is 21.6. The highest BCUT2D eigenvalue weighted by atomic mass is 32.2. The van der Waals surface area contributed by atoms with Crippen LogP contribution in [0.5, 0.6) is 0 Å². The zero-order valence-electron chi connectivity index (χ0n) is 7.52. The van der Waals surface area contributed by atoms with E-state index in [-0.39, 0.29) is 5.54 Å². The predicted molar refractivity (Wildman–Crippen MR) is 60.6 cm³/mol. The second-order valence-electron chi connectivity index (χ2n) is 3.45. The molecule has 1 saturated heterocycles. The van der Waals surface area contributed by atoms with Crippen molar-refractivity contribution < 1.29 is 0 Å². The van der Waals surface area contributed by atoms with Gasteiger partial charge in [-0.1, -0.05) is 0 Å². The van der Waals surface area contributed by atoms with Crippen LogP contribution in [0.25, 0.3) is 0 Å². The SMILES string of the molecule is SCC1(n2cccn2)CCSCC1. The first kappa shape index (κ1) is 9.46. The Hall–Kier alpha value is -0.0900. The molecule has 1 aromatic rings. The van der Waals surface area contributed by atoms with Crippen molar-refractivity contribution >= 4 is 24.4 Å². The lowest BCUT2D eigenvalue weighted by molar-refractivity contribution is 0.271. The van der Waals surface area contributed by atoms with E-state index in [1.54, 1.807) is 0 Å². The lowest BCUT2D eigenvalue weighted by Crippen LogP contribution is -2.39. The first-order valence-corrected chi connectivity index (χ1v) is 6.35. The summed E-state index contributed by atoms with van der Waals surface area (Å²) in [7, 11) is 0. The van der Waals surface area contributed by atoms with Gasteiger partial charge < -0.3 is 0 Å². The van der Waals surface area contributed by atoms with Gasteiger partial charge in [0.25, 0.3) is 0 Å². The van der Waals surface area contributed by atoms with Crippen LogP contribution >= 0.6 is 24.4 Å². The van der Waals surface area contributed by atoms with E-state index in [1.807, 2.05) is 24.0 Å².